The number of aromatic hydroxyl groups is 1. The molecule has 1 aromatic carbocycles. The maximum atomic E-state index is 12.1. The average Bonchev–Trinajstić information content (AvgIpc) is 2.80. The van der Waals surface area contributed by atoms with Gasteiger partial charge in [-0.05, 0) is 44.2 Å². The van der Waals surface area contributed by atoms with E-state index in [-0.39, 0.29) is 18.3 Å². The summed E-state index contributed by atoms with van der Waals surface area (Å²) in [7, 11) is 0. The number of phenolic OH excluding ortho intramolecular Hbond substituents is 1. The molecule has 110 valence electrons. The summed E-state index contributed by atoms with van der Waals surface area (Å²) in [5, 5.41) is 12.4. The van der Waals surface area contributed by atoms with Gasteiger partial charge in [-0.3, -0.25) is 4.79 Å². The van der Waals surface area contributed by atoms with E-state index in [9.17, 15) is 14.7 Å². The Labute approximate surface area is 126 Å². The van der Waals surface area contributed by atoms with Crippen molar-refractivity contribution >= 4 is 28.2 Å². The highest BCUT2D eigenvalue weighted by Gasteiger charge is 2.18. The number of esters is 1. The van der Waals surface area contributed by atoms with Gasteiger partial charge in [0.1, 0.15) is 10.8 Å². The zero-order valence-electron chi connectivity index (χ0n) is 11.7. The summed E-state index contributed by atoms with van der Waals surface area (Å²) in [6.45, 7) is 3.86. The third-order valence-electron chi connectivity index (χ3n) is 2.71. The van der Waals surface area contributed by atoms with Gasteiger partial charge in [0.25, 0.3) is 5.91 Å². The van der Waals surface area contributed by atoms with Crippen LogP contribution in [-0.4, -0.2) is 23.6 Å². The van der Waals surface area contributed by atoms with Gasteiger partial charge >= 0.3 is 5.97 Å². The van der Waals surface area contributed by atoms with Crippen molar-refractivity contribution in [3.8, 4) is 5.75 Å². The van der Waals surface area contributed by atoms with Gasteiger partial charge in [-0.15, -0.1) is 11.3 Å². The summed E-state index contributed by atoms with van der Waals surface area (Å²) >= 11 is 1.31. The second-order valence-electron chi connectivity index (χ2n) is 4.32. The van der Waals surface area contributed by atoms with Crippen LogP contribution in [0, 0.1) is 6.92 Å². The quantitative estimate of drug-likeness (QED) is 0.851. The van der Waals surface area contributed by atoms with Crippen molar-refractivity contribution < 1.29 is 19.4 Å². The summed E-state index contributed by atoms with van der Waals surface area (Å²) in [5.41, 5.74) is 0.750. The molecule has 0 atom stereocenters. The maximum absolute atomic E-state index is 12.1. The number of hydrogen-bond acceptors (Lipinski definition) is 5. The van der Waals surface area contributed by atoms with E-state index < -0.39 is 5.97 Å². The van der Waals surface area contributed by atoms with Gasteiger partial charge in [-0.25, -0.2) is 4.79 Å². The number of nitrogens with one attached hydrogen (secondary N) is 1. The predicted octanol–water partition coefficient (Wildman–Crippen LogP) is 3.19. The second-order valence-corrected chi connectivity index (χ2v) is 5.58. The molecule has 21 heavy (non-hydrogen) atoms. The third-order valence-corrected chi connectivity index (χ3v) is 3.67. The van der Waals surface area contributed by atoms with Crippen LogP contribution in [0.5, 0.6) is 5.75 Å². The molecule has 0 unspecified atom stereocenters. The van der Waals surface area contributed by atoms with Crippen LogP contribution in [0.15, 0.2) is 30.3 Å². The van der Waals surface area contributed by atoms with Gasteiger partial charge in [-0.2, -0.15) is 0 Å². The molecule has 2 N–H and O–H groups in total. The van der Waals surface area contributed by atoms with E-state index in [1.54, 1.807) is 13.0 Å². The summed E-state index contributed by atoms with van der Waals surface area (Å²) in [6, 6.07) is 7.57. The lowest BCUT2D eigenvalue weighted by atomic mass is 10.2. The molecule has 0 aliphatic rings. The minimum Gasteiger partial charge on any atom is -0.508 e. The number of carbonyl (C=O) groups is 2. The van der Waals surface area contributed by atoms with Crippen molar-refractivity contribution in [3.63, 3.8) is 0 Å². The Hall–Kier alpha value is -2.34. The highest BCUT2D eigenvalue weighted by Crippen LogP contribution is 2.28. The first kappa shape index (κ1) is 15.1. The number of phenols is 1. The number of thiophene rings is 1. The summed E-state index contributed by atoms with van der Waals surface area (Å²) < 4.78 is 4.97. The molecule has 0 fully saturated rings. The van der Waals surface area contributed by atoms with E-state index in [4.69, 9.17) is 4.74 Å². The first-order valence-corrected chi connectivity index (χ1v) is 7.21. The average molecular weight is 305 g/mol. The minimum atomic E-state index is -0.456. The molecule has 1 heterocycles. The smallest absolute Gasteiger partial charge is 0.341 e. The molecule has 0 aliphatic heterocycles. The van der Waals surface area contributed by atoms with Gasteiger partial charge in [0.15, 0.2) is 0 Å². The van der Waals surface area contributed by atoms with Crippen molar-refractivity contribution in [2.75, 3.05) is 11.9 Å². The maximum Gasteiger partial charge on any atom is 0.341 e. The van der Waals surface area contributed by atoms with Crippen LogP contribution in [0.1, 0.15) is 32.5 Å². The Balaban J connectivity index is 2.21. The van der Waals surface area contributed by atoms with Gasteiger partial charge in [0, 0.05) is 10.4 Å². The van der Waals surface area contributed by atoms with Crippen LogP contribution in [0.3, 0.4) is 0 Å². The fourth-order valence-corrected chi connectivity index (χ4v) is 2.65. The highest BCUT2D eigenvalue weighted by atomic mass is 32.1. The third kappa shape index (κ3) is 3.61. The Morgan fingerprint density at radius 3 is 2.57 bits per heavy atom. The number of rotatable bonds is 4. The molecule has 2 aromatic rings. The van der Waals surface area contributed by atoms with Crippen LogP contribution in [0.25, 0.3) is 0 Å². The zero-order valence-corrected chi connectivity index (χ0v) is 12.5. The fraction of sp³-hybridized carbons (Fsp3) is 0.200. The van der Waals surface area contributed by atoms with Crippen LogP contribution in [0.2, 0.25) is 0 Å². The molecule has 5 nitrogen and oxygen atoms in total. The fourth-order valence-electron chi connectivity index (χ4n) is 1.76. The summed E-state index contributed by atoms with van der Waals surface area (Å²) in [4.78, 5) is 24.9. The van der Waals surface area contributed by atoms with E-state index in [0.29, 0.717) is 16.1 Å². The zero-order chi connectivity index (χ0) is 15.4. The largest absolute Gasteiger partial charge is 0.508 e. The Bertz CT molecular complexity index is 661. The highest BCUT2D eigenvalue weighted by molar-refractivity contribution is 7.16. The van der Waals surface area contributed by atoms with Gasteiger partial charge in [0.2, 0.25) is 0 Å². The van der Waals surface area contributed by atoms with E-state index in [0.717, 1.165) is 4.88 Å². The first-order valence-electron chi connectivity index (χ1n) is 6.39. The molecule has 0 radical (unpaired) electrons. The van der Waals surface area contributed by atoms with E-state index >= 15 is 0 Å². The van der Waals surface area contributed by atoms with Gasteiger partial charge in [0.05, 0.1) is 12.2 Å². The summed E-state index contributed by atoms with van der Waals surface area (Å²) in [6.07, 6.45) is 0. The molecule has 0 spiro atoms. The van der Waals surface area contributed by atoms with Crippen molar-refractivity contribution in [1.82, 2.24) is 0 Å². The molecule has 1 aromatic heterocycles. The van der Waals surface area contributed by atoms with Gasteiger partial charge in [-0.1, -0.05) is 0 Å². The number of carbonyl (C=O) groups excluding carboxylic acids is 2. The molecular weight excluding hydrogens is 290 g/mol. The molecule has 0 aliphatic carbocycles. The molecule has 1 amide bonds. The van der Waals surface area contributed by atoms with Crippen LogP contribution < -0.4 is 5.32 Å². The number of aryl methyl sites for hydroxylation is 1. The topological polar surface area (TPSA) is 75.6 Å². The lowest BCUT2D eigenvalue weighted by Crippen LogP contribution is -2.14. The number of anilines is 1. The monoisotopic (exact) mass is 305 g/mol. The molecule has 0 saturated carbocycles. The number of ether oxygens (including phenoxy) is 1. The lowest BCUT2D eigenvalue weighted by Gasteiger charge is -2.06. The SMILES string of the molecule is CCOC(=O)c1cc(C)sc1NC(=O)c1ccc(O)cc1. The molecule has 6 heteroatoms. The standard InChI is InChI=1S/C15H15NO4S/c1-3-20-15(19)12-8-9(2)21-14(12)16-13(18)10-4-6-11(17)7-5-10/h4-8,17H,3H2,1-2H3,(H,16,18). The van der Waals surface area contributed by atoms with E-state index in [1.165, 1.54) is 35.6 Å². The van der Waals surface area contributed by atoms with Crippen LogP contribution >= 0.6 is 11.3 Å². The minimum absolute atomic E-state index is 0.0886. The second kappa shape index (κ2) is 6.41. The van der Waals surface area contributed by atoms with Crippen molar-refractivity contribution in [3.05, 3.63) is 46.3 Å². The Morgan fingerprint density at radius 1 is 1.29 bits per heavy atom. The number of amides is 1. The normalized spacial score (nSPS) is 10.2. The number of hydrogen-bond donors (Lipinski definition) is 2. The Kier molecular flexibility index (Phi) is 4.59. The molecule has 0 saturated heterocycles. The van der Waals surface area contributed by atoms with E-state index in [1.807, 2.05) is 6.92 Å². The number of benzene rings is 1. The molecule has 0 bridgehead atoms. The van der Waals surface area contributed by atoms with Crippen molar-refractivity contribution in [2.24, 2.45) is 0 Å². The summed E-state index contributed by atoms with van der Waals surface area (Å²) in [5.74, 6) is -0.712. The van der Waals surface area contributed by atoms with E-state index in [2.05, 4.69) is 5.32 Å². The Morgan fingerprint density at radius 2 is 1.95 bits per heavy atom. The predicted molar refractivity (Wildman–Crippen MR) is 81.1 cm³/mol. The van der Waals surface area contributed by atoms with Crippen LogP contribution in [-0.2, 0) is 4.74 Å². The molecular formula is C15H15NO4S. The van der Waals surface area contributed by atoms with Crippen molar-refractivity contribution in [1.29, 1.82) is 0 Å². The van der Waals surface area contributed by atoms with Gasteiger partial charge < -0.3 is 15.2 Å². The van der Waals surface area contributed by atoms with Crippen LogP contribution in [0.4, 0.5) is 5.00 Å². The lowest BCUT2D eigenvalue weighted by molar-refractivity contribution is 0.0528. The van der Waals surface area contributed by atoms with Crippen molar-refractivity contribution in [2.45, 2.75) is 13.8 Å². The molecule has 2 rings (SSSR count). The first-order chi connectivity index (χ1) is 10.0.